The number of halogens is 1. The monoisotopic (exact) mass is 657 g/mol. The van der Waals surface area contributed by atoms with E-state index < -0.39 is 28.5 Å². The first-order chi connectivity index (χ1) is 20.1. The Morgan fingerprint density at radius 2 is 1.69 bits per heavy atom. The number of rotatable bonds is 15. The van der Waals surface area contributed by atoms with Crippen molar-refractivity contribution in [1.82, 2.24) is 10.2 Å². The lowest BCUT2D eigenvalue weighted by atomic mass is 10.1. The van der Waals surface area contributed by atoms with Gasteiger partial charge in [0.05, 0.1) is 22.2 Å². The fourth-order valence-electron chi connectivity index (χ4n) is 4.58. The molecule has 0 aliphatic heterocycles. The van der Waals surface area contributed by atoms with E-state index in [1.54, 1.807) is 30.3 Å². The summed E-state index contributed by atoms with van der Waals surface area (Å²) in [5, 5.41) is 2.95. The Kier molecular flexibility index (Phi) is 12.4. The zero-order valence-electron chi connectivity index (χ0n) is 24.7. The zero-order valence-corrected chi connectivity index (χ0v) is 27.1. The molecule has 42 heavy (non-hydrogen) atoms. The van der Waals surface area contributed by atoms with Gasteiger partial charge in [0.15, 0.2) is 0 Å². The van der Waals surface area contributed by atoms with E-state index in [2.05, 4.69) is 21.2 Å². The van der Waals surface area contributed by atoms with Gasteiger partial charge in [-0.05, 0) is 78.0 Å². The maximum Gasteiger partial charge on any atom is 0.264 e. The maximum atomic E-state index is 14.1. The van der Waals surface area contributed by atoms with Crippen molar-refractivity contribution in [2.45, 2.75) is 57.4 Å². The number of ether oxygens (including phenoxy) is 1. The second-order valence-electron chi connectivity index (χ2n) is 10.0. The van der Waals surface area contributed by atoms with Gasteiger partial charge in [0, 0.05) is 13.1 Å². The fraction of sp³-hybridized carbons (Fsp3) is 0.375. The molecule has 3 aromatic carbocycles. The summed E-state index contributed by atoms with van der Waals surface area (Å²) < 4.78 is 35.0. The summed E-state index contributed by atoms with van der Waals surface area (Å²) in [5.74, 6) is -0.213. The van der Waals surface area contributed by atoms with Crippen LogP contribution in [0.1, 0.15) is 44.2 Å². The summed E-state index contributed by atoms with van der Waals surface area (Å²) in [4.78, 5) is 28.9. The van der Waals surface area contributed by atoms with E-state index in [4.69, 9.17) is 4.74 Å². The van der Waals surface area contributed by atoms with Crippen molar-refractivity contribution in [1.29, 1.82) is 0 Å². The highest BCUT2D eigenvalue weighted by Crippen LogP contribution is 2.31. The van der Waals surface area contributed by atoms with Crippen LogP contribution >= 0.6 is 15.9 Å². The van der Waals surface area contributed by atoms with Gasteiger partial charge < -0.3 is 15.0 Å². The Morgan fingerprint density at radius 3 is 2.29 bits per heavy atom. The number of carbonyl (C=O) groups excluding carboxylic acids is 2. The number of hydrogen-bond acceptors (Lipinski definition) is 5. The molecule has 0 fully saturated rings. The van der Waals surface area contributed by atoms with Gasteiger partial charge in [-0.3, -0.25) is 13.9 Å². The molecule has 226 valence electrons. The van der Waals surface area contributed by atoms with Crippen LogP contribution in [0.2, 0.25) is 0 Å². The highest BCUT2D eigenvalue weighted by atomic mass is 79.9. The molecule has 0 saturated carbocycles. The molecule has 1 unspecified atom stereocenters. The number of unbranched alkanes of at least 4 members (excludes halogenated alkanes) is 1. The zero-order chi connectivity index (χ0) is 30.7. The lowest BCUT2D eigenvalue weighted by molar-refractivity contribution is -0.139. The Bertz CT molecular complexity index is 1430. The Morgan fingerprint density at radius 1 is 1.00 bits per heavy atom. The van der Waals surface area contributed by atoms with Crippen molar-refractivity contribution < 1.29 is 22.7 Å². The molecule has 0 saturated heterocycles. The average molecular weight is 659 g/mol. The number of hydrogen-bond donors (Lipinski definition) is 1. The van der Waals surface area contributed by atoms with Crippen LogP contribution in [-0.2, 0) is 26.0 Å². The quantitative estimate of drug-likeness (QED) is 0.211. The van der Waals surface area contributed by atoms with E-state index in [1.165, 1.54) is 24.1 Å². The Labute approximate surface area is 258 Å². The van der Waals surface area contributed by atoms with Crippen LogP contribution in [0.3, 0.4) is 0 Å². The number of aryl methyl sites for hydroxylation is 1. The van der Waals surface area contributed by atoms with Crippen molar-refractivity contribution in [2.24, 2.45) is 0 Å². The van der Waals surface area contributed by atoms with Crippen LogP contribution in [0.4, 0.5) is 5.69 Å². The molecule has 0 aliphatic rings. The third-order valence-electron chi connectivity index (χ3n) is 7.01. The van der Waals surface area contributed by atoms with E-state index >= 15 is 0 Å². The topological polar surface area (TPSA) is 96.0 Å². The molecule has 2 amide bonds. The van der Waals surface area contributed by atoms with Gasteiger partial charge in [0.1, 0.15) is 18.3 Å². The number of amides is 2. The van der Waals surface area contributed by atoms with Gasteiger partial charge in [0.25, 0.3) is 10.0 Å². The van der Waals surface area contributed by atoms with Gasteiger partial charge in [-0.1, -0.05) is 68.3 Å². The highest BCUT2D eigenvalue weighted by molar-refractivity contribution is 9.10. The van der Waals surface area contributed by atoms with Crippen LogP contribution in [0.5, 0.6) is 5.75 Å². The molecule has 3 rings (SSSR count). The van der Waals surface area contributed by atoms with Gasteiger partial charge >= 0.3 is 0 Å². The van der Waals surface area contributed by atoms with Crippen LogP contribution in [0.25, 0.3) is 0 Å². The van der Waals surface area contributed by atoms with Gasteiger partial charge in [-0.15, -0.1) is 0 Å². The third kappa shape index (κ3) is 8.58. The maximum absolute atomic E-state index is 14.1. The molecule has 8 nitrogen and oxygen atoms in total. The van der Waals surface area contributed by atoms with Crippen LogP contribution < -0.4 is 14.4 Å². The summed E-state index contributed by atoms with van der Waals surface area (Å²) in [6, 6.07) is 20.4. The predicted octanol–water partition coefficient (Wildman–Crippen LogP) is 5.73. The van der Waals surface area contributed by atoms with Crippen molar-refractivity contribution in [3.05, 3.63) is 88.4 Å². The van der Waals surface area contributed by atoms with Crippen LogP contribution in [-0.4, -0.2) is 57.9 Å². The summed E-state index contributed by atoms with van der Waals surface area (Å²) in [6.45, 7) is 6.11. The fourth-order valence-corrected chi connectivity index (χ4v) is 6.71. The minimum atomic E-state index is -4.18. The minimum absolute atomic E-state index is 0.00346. The van der Waals surface area contributed by atoms with E-state index in [0.717, 1.165) is 28.3 Å². The molecule has 0 aliphatic carbocycles. The molecule has 1 N–H and O–H groups in total. The third-order valence-corrected chi connectivity index (χ3v) is 9.40. The van der Waals surface area contributed by atoms with Crippen molar-refractivity contribution in [2.75, 3.05) is 31.0 Å². The first kappa shape index (κ1) is 33.1. The van der Waals surface area contributed by atoms with Crippen molar-refractivity contribution >= 4 is 43.5 Å². The summed E-state index contributed by atoms with van der Waals surface area (Å²) in [6.07, 6.45) is 2.67. The molecule has 0 bridgehead atoms. The smallest absolute Gasteiger partial charge is 0.264 e. The number of benzene rings is 3. The Hall–Kier alpha value is -3.37. The van der Waals surface area contributed by atoms with Crippen molar-refractivity contribution in [3.8, 4) is 5.75 Å². The van der Waals surface area contributed by atoms with E-state index in [0.29, 0.717) is 35.3 Å². The molecule has 3 aromatic rings. The number of nitrogens with one attached hydrogen (secondary N) is 1. The number of anilines is 1. The summed E-state index contributed by atoms with van der Waals surface area (Å²) >= 11 is 3.37. The number of methoxy groups -OCH3 is 1. The first-order valence-electron chi connectivity index (χ1n) is 14.2. The number of nitrogens with zero attached hydrogens (tertiary/aromatic N) is 2. The highest BCUT2D eigenvalue weighted by Gasteiger charge is 2.33. The summed E-state index contributed by atoms with van der Waals surface area (Å²) in [7, 11) is -2.68. The normalized spacial score (nSPS) is 11.9. The molecule has 10 heteroatoms. The molecule has 0 spiro atoms. The minimum Gasteiger partial charge on any atom is -0.496 e. The molecule has 1 atom stereocenters. The lowest BCUT2D eigenvalue weighted by Crippen LogP contribution is -2.53. The number of carbonyl (C=O) groups is 2. The summed E-state index contributed by atoms with van der Waals surface area (Å²) in [5.41, 5.74) is 2.32. The van der Waals surface area contributed by atoms with Crippen molar-refractivity contribution in [3.63, 3.8) is 0 Å². The van der Waals surface area contributed by atoms with Gasteiger partial charge in [-0.2, -0.15) is 0 Å². The van der Waals surface area contributed by atoms with Crippen LogP contribution in [0.15, 0.2) is 82.2 Å². The molecular weight excluding hydrogens is 618 g/mol. The second-order valence-corrected chi connectivity index (χ2v) is 12.8. The van der Waals surface area contributed by atoms with E-state index in [1.807, 2.05) is 51.1 Å². The standard InChI is InChI=1S/C32H40BrN3O5S/c1-5-7-20-34-32(38)29(6-2)35(21-19-25-11-9-8-10-12-25)31(37)23-36(26-15-13-24(3)14-16-26)42(39,40)27-17-18-30(41-4)28(33)22-27/h8-18,22,29H,5-7,19-21,23H2,1-4H3,(H,34,38). The number of sulfonamides is 1. The largest absolute Gasteiger partial charge is 0.496 e. The molecule has 0 aromatic heterocycles. The molecule has 0 radical (unpaired) electrons. The lowest BCUT2D eigenvalue weighted by Gasteiger charge is -2.33. The van der Waals surface area contributed by atoms with E-state index in [9.17, 15) is 18.0 Å². The molecular formula is C32H40BrN3O5S. The second kappa shape index (κ2) is 15.7. The SMILES string of the molecule is CCCCNC(=O)C(CC)N(CCc1ccccc1)C(=O)CN(c1ccc(C)cc1)S(=O)(=O)c1ccc(OC)c(Br)c1. The van der Waals surface area contributed by atoms with E-state index in [-0.39, 0.29) is 17.3 Å². The molecule has 0 heterocycles. The predicted molar refractivity (Wildman–Crippen MR) is 170 cm³/mol. The van der Waals surface area contributed by atoms with Crippen LogP contribution in [0, 0.1) is 6.92 Å². The first-order valence-corrected chi connectivity index (χ1v) is 16.4. The average Bonchev–Trinajstić information content (AvgIpc) is 2.98. The van der Waals surface area contributed by atoms with Gasteiger partial charge in [-0.25, -0.2) is 8.42 Å². The van der Waals surface area contributed by atoms with Gasteiger partial charge in [0.2, 0.25) is 11.8 Å². The Balaban J connectivity index is 2.01.